The van der Waals surface area contributed by atoms with Gasteiger partial charge in [0.1, 0.15) is 0 Å². The lowest BCUT2D eigenvalue weighted by Gasteiger charge is -2.41. The Morgan fingerprint density at radius 2 is 1.80 bits per heavy atom. The van der Waals surface area contributed by atoms with Crippen molar-refractivity contribution < 1.29 is 9.90 Å². The molecule has 3 nitrogen and oxygen atoms in total. The minimum absolute atomic E-state index is 0.114. The Labute approximate surface area is 156 Å². The first kappa shape index (κ1) is 20.1. The summed E-state index contributed by atoms with van der Waals surface area (Å²) in [5.41, 5.74) is 4.11. The summed E-state index contributed by atoms with van der Waals surface area (Å²) in [5, 5.41) is 10.6. The summed E-state index contributed by atoms with van der Waals surface area (Å²) in [6.45, 7) is 12.8. The highest BCUT2D eigenvalue weighted by Crippen LogP contribution is 2.58. The van der Waals surface area contributed by atoms with E-state index in [0.29, 0.717) is 27.6 Å². The average Bonchev–Trinajstić information content (AvgIpc) is 2.48. The second-order valence-corrected chi connectivity index (χ2v) is 11.1. The summed E-state index contributed by atoms with van der Waals surface area (Å²) >= 11 is 6.23. The third kappa shape index (κ3) is 4.15. The lowest BCUT2D eigenvalue weighted by molar-refractivity contribution is -0.133. The molecule has 0 amide bonds. The van der Waals surface area contributed by atoms with Crippen LogP contribution in [0.25, 0.3) is 0 Å². The van der Waals surface area contributed by atoms with E-state index < -0.39 is 13.9 Å². The van der Waals surface area contributed by atoms with E-state index in [4.69, 9.17) is 11.6 Å². The minimum Gasteiger partial charge on any atom is -0.478 e. The largest absolute Gasteiger partial charge is 0.478 e. The predicted octanol–water partition coefficient (Wildman–Crippen LogP) is 5.92. The molecule has 0 saturated carbocycles. The fraction of sp³-hybridized carbons (Fsp3) is 0.500. The Bertz CT molecular complexity index is 716. The zero-order valence-electron chi connectivity index (χ0n) is 15.7. The van der Waals surface area contributed by atoms with Crippen molar-refractivity contribution in [2.75, 3.05) is 0 Å². The molecule has 1 aromatic rings. The van der Waals surface area contributed by atoms with Crippen LogP contribution in [0.4, 0.5) is 0 Å². The highest BCUT2D eigenvalue weighted by molar-refractivity contribution is 7.61. The molecule has 2 rings (SSSR count). The van der Waals surface area contributed by atoms with Crippen LogP contribution in [0, 0.1) is 0 Å². The Morgan fingerprint density at radius 1 is 1.20 bits per heavy atom. The fourth-order valence-electron chi connectivity index (χ4n) is 3.98. The Hall–Kier alpha value is -1.18. The summed E-state index contributed by atoms with van der Waals surface area (Å²) in [4.78, 5) is 16.7. The highest BCUT2D eigenvalue weighted by Gasteiger charge is 2.42. The molecule has 2 unspecified atom stereocenters. The van der Waals surface area contributed by atoms with E-state index in [-0.39, 0.29) is 11.6 Å². The van der Waals surface area contributed by atoms with Gasteiger partial charge in [-0.2, -0.15) is 0 Å². The summed E-state index contributed by atoms with van der Waals surface area (Å²) in [7, 11) is -0.451. The third-order valence-electron chi connectivity index (χ3n) is 4.74. The van der Waals surface area contributed by atoms with E-state index in [1.807, 2.05) is 31.2 Å². The maximum atomic E-state index is 12.1. The number of hydrogen-bond acceptors (Lipinski definition) is 2. The van der Waals surface area contributed by atoms with Crippen molar-refractivity contribution in [3.63, 3.8) is 0 Å². The van der Waals surface area contributed by atoms with E-state index >= 15 is 0 Å². The molecule has 0 saturated heterocycles. The summed E-state index contributed by atoms with van der Waals surface area (Å²) in [6.07, 6.45) is 0. The second kappa shape index (κ2) is 8.01. The monoisotopic (exact) mass is 379 g/mol. The maximum absolute atomic E-state index is 12.1. The van der Waals surface area contributed by atoms with Crippen LogP contribution in [-0.2, 0) is 4.79 Å². The molecule has 0 aliphatic carbocycles. The molecule has 136 valence electrons. The molecule has 1 aliphatic heterocycles. The molecular formula is C20H27ClNO2P. The zero-order chi connectivity index (χ0) is 18.9. The maximum Gasteiger partial charge on any atom is 0.334 e. The van der Waals surface area contributed by atoms with Gasteiger partial charge in [-0.15, -0.1) is 0 Å². The van der Waals surface area contributed by atoms with Crippen molar-refractivity contribution in [3.8, 4) is 0 Å². The molecule has 0 spiro atoms. The number of benzene rings is 1. The van der Waals surface area contributed by atoms with Crippen LogP contribution in [0.15, 0.2) is 40.5 Å². The van der Waals surface area contributed by atoms with Crippen LogP contribution in [0.2, 0.25) is 5.02 Å². The van der Waals surface area contributed by atoms with E-state index in [1.165, 1.54) is 0 Å². The van der Waals surface area contributed by atoms with Gasteiger partial charge in [0.25, 0.3) is 0 Å². The van der Waals surface area contributed by atoms with Crippen molar-refractivity contribution >= 4 is 31.2 Å². The third-order valence-corrected chi connectivity index (χ3v) is 8.68. The smallest absolute Gasteiger partial charge is 0.334 e. The van der Waals surface area contributed by atoms with E-state index in [2.05, 4.69) is 32.7 Å². The first-order valence-corrected chi connectivity index (χ1v) is 10.6. The van der Waals surface area contributed by atoms with E-state index in [1.54, 1.807) is 6.92 Å². The van der Waals surface area contributed by atoms with Crippen LogP contribution in [0.3, 0.4) is 0 Å². The van der Waals surface area contributed by atoms with Crippen molar-refractivity contribution in [1.82, 2.24) is 0 Å². The number of hydrogen-bond donors (Lipinski definition) is 1. The normalized spacial score (nSPS) is 21.3. The number of carboxylic acid groups (broad SMARTS) is 1. The second-order valence-electron chi connectivity index (χ2n) is 7.17. The predicted molar refractivity (Wildman–Crippen MR) is 109 cm³/mol. The molecular weight excluding hydrogens is 353 g/mol. The number of allylic oxidation sites excluding steroid dienone is 1. The number of nitrogens with zero attached hydrogens (tertiary/aromatic N) is 1. The topological polar surface area (TPSA) is 49.7 Å². The molecule has 0 fully saturated rings. The molecule has 1 aromatic carbocycles. The standard InChI is InChI=1S/C20H27ClNO2P/c1-11(2)25(12(3)4)19-14(6)22-13(5)17(20(23)24)18(19)15-8-7-9-16(21)10-15/h7-12,18-19H,1-6H3,(H,23,24). The van der Waals surface area contributed by atoms with Crippen LogP contribution in [-0.4, -0.2) is 33.8 Å². The van der Waals surface area contributed by atoms with Crippen molar-refractivity contribution in [3.05, 3.63) is 46.1 Å². The molecule has 1 N–H and O–H groups in total. The minimum atomic E-state index is -0.883. The number of aliphatic imine (C=N–C) groups is 1. The van der Waals surface area contributed by atoms with Gasteiger partial charge in [0.05, 0.1) is 5.57 Å². The number of carbonyl (C=O) groups is 1. The molecule has 0 aromatic heterocycles. The summed E-state index contributed by atoms with van der Waals surface area (Å²) in [5.74, 6) is -1.09. The number of carboxylic acids is 1. The molecule has 0 bridgehead atoms. The fourth-order valence-corrected chi connectivity index (χ4v) is 7.81. The van der Waals surface area contributed by atoms with E-state index in [9.17, 15) is 9.90 Å². The molecule has 25 heavy (non-hydrogen) atoms. The molecule has 0 radical (unpaired) electrons. The molecule has 2 atom stereocenters. The van der Waals surface area contributed by atoms with Gasteiger partial charge in [0.15, 0.2) is 0 Å². The van der Waals surface area contributed by atoms with Gasteiger partial charge < -0.3 is 5.11 Å². The van der Waals surface area contributed by atoms with Crippen LogP contribution >= 0.6 is 19.5 Å². The summed E-state index contributed by atoms with van der Waals surface area (Å²) in [6, 6.07) is 7.63. The van der Waals surface area contributed by atoms with Gasteiger partial charge in [0, 0.05) is 28.0 Å². The van der Waals surface area contributed by atoms with Crippen molar-refractivity contribution in [2.24, 2.45) is 4.99 Å². The number of aliphatic carboxylic acids is 1. The lowest BCUT2D eigenvalue weighted by Crippen LogP contribution is -2.36. The summed E-state index contributed by atoms with van der Waals surface area (Å²) < 4.78 is 0. The Balaban J connectivity index is 2.71. The molecule has 1 aliphatic rings. The first-order valence-electron chi connectivity index (χ1n) is 8.67. The number of halogens is 1. The van der Waals surface area contributed by atoms with Gasteiger partial charge in [0.2, 0.25) is 0 Å². The highest BCUT2D eigenvalue weighted by atomic mass is 35.5. The Kier molecular flexibility index (Phi) is 6.45. The van der Waals surface area contributed by atoms with Gasteiger partial charge in [-0.3, -0.25) is 4.99 Å². The average molecular weight is 380 g/mol. The van der Waals surface area contributed by atoms with Crippen LogP contribution < -0.4 is 0 Å². The van der Waals surface area contributed by atoms with Crippen molar-refractivity contribution in [2.45, 2.75) is 64.4 Å². The van der Waals surface area contributed by atoms with Crippen LogP contribution in [0.1, 0.15) is 53.0 Å². The lowest BCUT2D eigenvalue weighted by atomic mass is 9.83. The van der Waals surface area contributed by atoms with Gasteiger partial charge in [-0.1, -0.05) is 59.4 Å². The van der Waals surface area contributed by atoms with Gasteiger partial charge >= 0.3 is 5.97 Å². The van der Waals surface area contributed by atoms with E-state index in [0.717, 1.165) is 11.3 Å². The Morgan fingerprint density at radius 3 is 2.28 bits per heavy atom. The van der Waals surface area contributed by atoms with Gasteiger partial charge in [-0.05, 0) is 42.9 Å². The zero-order valence-corrected chi connectivity index (χ0v) is 17.4. The molecule has 1 heterocycles. The van der Waals surface area contributed by atoms with Gasteiger partial charge in [-0.25, -0.2) is 4.79 Å². The SMILES string of the molecule is CC1=NC(C)=C(C(=O)O)C(c2cccc(Cl)c2)C1P(C(C)C)C(C)C. The number of rotatable bonds is 5. The molecule has 5 heteroatoms. The van der Waals surface area contributed by atoms with Crippen molar-refractivity contribution in [1.29, 1.82) is 0 Å². The quantitative estimate of drug-likeness (QED) is 0.645. The first-order chi connectivity index (χ1) is 11.6. The van der Waals surface area contributed by atoms with Crippen LogP contribution in [0.5, 0.6) is 0 Å².